The van der Waals surface area contributed by atoms with Crippen LogP contribution in [-0.4, -0.2) is 18.5 Å². The van der Waals surface area contributed by atoms with Crippen LogP contribution in [-0.2, 0) is 11.3 Å². The number of fused-ring (bicyclic) bond motifs is 1. The molecule has 0 radical (unpaired) electrons. The SMILES string of the molecule is O=C(COc1cccc(Br)c1)Oc1ccc2cc(C(=O)NCc3ccco3)c(=O)oc2c1. The molecule has 2 aromatic heterocycles. The topological polar surface area (TPSA) is 108 Å². The molecule has 4 rings (SSSR count). The molecule has 0 saturated carbocycles. The number of carbonyl (C=O) groups is 2. The first kappa shape index (κ1) is 21.4. The van der Waals surface area contributed by atoms with Crippen LogP contribution < -0.4 is 20.4 Å². The average Bonchev–Trinajstić information content (AvgIpc) is 3.29. The number of halogens is 1. The van der Waals surface area contributed by atoms with Gasteiger partial charge in [0.15, 0.2) is 6.61 Å². The Morgan fingerprint density at radius 1 is 1.00 bits per heavy atom. The molecule has 0 aliphatic rings. The second kappa shape index (κ2) is 9.52. The highest BCUT2D eigenvalue weighted by Gasteiger charge is 2.15. The van der Waals surface area contributed by atoms with Crippen LogP contribution in [0.1, 0.15) is 16.1 Å². The molecule has 0 atom stereocenters. The molecule has 0 spiro atoms. The number of esters is 1. The van der Waals surface area contributed by atoms with Gasteiger partial charge in [0.25, 0.3) is 5.91 Å². The molecule has 0 saturated heterocycles. The Balaban J connectivity index is 1.42. The van der Waals surface area contributed by atoms with Gasteiger partial charge in [-0.1, -0.05) is 22.0 Å². The van der Waals surface area contributed by atoms with Gasteiger partial charge in [-0.05, 0) is 48.5 Å². The van der Waals surface area contributed by atoms with Crippen LogP contribution in [0.3, 0.4) is 0 Å². The van der Waals surface area contributed by atoms with Crippen molar-refractivity contribution in [2.45, 2.75) is 6.54 Å². The van der Waals surface area contributed by atoms with E-state index < -0.39 is 17.5 Å². The molecular formula is C23H16BrNO7. The van der Waals surface area contributed by atoms with E-state index in [1.165, 1.54) is 24.5 Å². The molecule has 0 aliphatic heterocycles. The molecule has 0 bridgehead atoms. The largest absolute Gasteiger partial charge is 0.482 e. The monoisotopic (exact) mass is 497 g/mol. The maximum absolute atomic E-state index is 12.3. The van der Waals surface area contributed by atoms with Gasteiger partial charge < -0.3 is 23.6 Å². The van der Waals surface area contributed by atoms with Crippen molar-refractivity contribution >= 4 is 38.8 Å². The number of rotatable bonds is 7. The van der Waals surface area contributed by atoms with Gasteiger partial charge in [0.1, 0.15) is 28.4 Å². The minimum atomic E-state index is -0.809. The minimum Gasteiger partial charge on any atom is -0.482 e. The number of furan rings is 1. The summed E-state index contributed by atoms with van der Waals surface area (Å²) in [4.78, 5) is 36.7. The summed E-state index contributed by atoms with van der Waals surface area (Å²) >= 11 is 3.32. The van der Waals surface area contributed by atoms with E-state index in [-0.39, 0.29) is 30.0 Å². The predicted octanol–water partition coefficient (Wildman–Crippen LogP) is 4.06. The first-order valence-electron chi connectivity index (χ1n) is 9.45. The van der Waals surface area contributed by atoms with Gasteiger partial charge in [-0.25, -0.2) is 9.59 Å². The van der Waals surface area contributed by atoms with Crippen molar-refractivity contribution in [3.8, 4) is 11.5 Å². The summed E-state index contributed by atoms with van der Waals surface area (Å²) < 4.78 is 21.8. The van der Waals surface area contributed by atoms with Gasteiger partial charge in [0.05, 0.1) is 12.8 Å². The van der Waals surface area contributed by atoms with Crippen LogP contribution in [0.25, 0.3) is 11.0 Å². The third kappa shape index (κ3) is 5.25. The molecule has 0 unspecified atom stereocenters. The Labute approximate surface area is 189 Å². The summed E-state index contributed by atoms with van der Waals surface area (Å²) in [5.74, 6) is 0.0360. The third-order valence-corrected chi connectivity index (χ3v) is 4.83. The number of hydrogen-bond acceptors (Lipinski definition) is 7. The van der Waals surface area contributed by atoms with Crippen molar-refractivity contribution in [2.24, 2.45) is 0 Å². The molecular weight excluding hydrogens is 482 g/mol. The lowest BCUT2D eigenvalue weighted by Crippen LogP contribution is -2.27. The van der Waals surface area contributed by atoms with E-state index in [0.717, 1.165) is 4.47 Å². The third-order valence-electron chi connectivity index (χ3n) is 4.34. The van der Waals surface area contributed by atoms with Crippen LogP contribution >= 0.6 is 15.9 Å². The highest BCUT2D eigenvalue weighted by molar-refractivity contribution is 9.10. The Morgan fingerprint density at radius 3 is 2.66 bits per heavy atom. The number of carbonyl (C=O) groups excluding carboxylic acids is 2. The summed E-state index contributed by atoms with van der Waals surface area (Å²) in [6, 6.07) is 16.4. The van der Waals surface area contributed by atoms with E-state index in [4.69, 9.17) is 18.3 Å². The van der Waals surface area contributed by atoms with Gasteiger partial charge in [0.2, 0.25) is 0 Å². The van der Waals surface area contributed by atoms with Gasteiger partial charge in [-0.3, -0.25) is 4.79 Å². The van der Waals surface area contributed by atoms with E-state index in [1.54, 1.807) is 36.4 Å². The van der Waals surface area contributed by atoms with E-state index in [0.29, 0.717) is 16.9 Å². The van der Waals surface area contributed by atoms with Crippen LogP contribution in [0.5, 0.6) is 11.5 Å². The summed E-state index contributed by atoms with van der Waals surface area (Å²) in [6.45, 7) is -0.159. The second-order valence-corrected chi connectivity index (χ2v) is 7.55. The number of ether oxygens (including phenoxy) is 2. The fourth-order valence-electron chi connectivity index (χ4n) is 2.85. The lowest BCUT2D eigenvalue weighted by molar-refractivity contribution is -0.136. The summed E-state index contributed by atoms with van der Waals surface area (Å²) in [6.07, 6.45) is 1.49. The van der Waals surface area contributed by atoms with Gasteiger partial charge >= 0.3 is 11.6 Å². The standard InChI is InChI=1S/C23H16BrNO7/c24-15-3-1-4-16(10-15)30-13-21(26)31-17-7-6-14-9-19(23(28)32-20(14)11-17)22(27)25-12-18-5-2-8-29-18/h1-11H,12-13H2,(H,25,27). The summed E-state index contributed by atoms with van der Waals surface area (Å²) in [7, 11) is 0. The van der Waals surface area contributed by atoms with E-state index >= 15 is 0 Å². The Bertz CT molecular complexity index is 1330. The molecule has 8 nitrogen and oxygen atoms in total. The molecule has 0 fully saturated rings. The quantitative estimate of drug-likeness (QED) is 0.233. The fraction of sp³-hybridized carbons (Fsp3) is 0.0870. The summed E-state index contributed by atoms with van der Waals surface area (Å²) in [5.41, 5.74) is -0.775. The molecule has 0 aliphatic carbocycles. The Morgan fingerprint density at radius 2 is 1.88 bits per heavy atom. The molecule has 32 heavy (non-hydrogen) atoms. The lowest BCUT2D eigenvalue weighted by atomic mass is 10.1. The van der Waals surface area contributed by atoms with Crippen molar-refractivity contribution in [1.82, 2.24) is 5.32 Å². The van der Waals surface area contributed by atoms with E-state index in [1.807, 2.05) is 6.07 Å². The zero-order valence-electron chi connectivity index (χ0n) is 16.5. The summed E-state index contributed by atoms with van der Waals surface area (Å²) in [5, 5.41) is 3.09. The second-order valence-electron chi connectivity index (χ2n) is 6.63. The minimum absolute atomic E-state index is 0.139. The fourth-order valence-corrected chi connectivity index (χ4v) is 3.23. The van der Waals surface area contributed by atoms with Crippen molar-refractivity contribution in [3.63, 3.8) is 0 Å². The molecule has 162 valence electrons. The Hall–Kier alpha value is -3.85. The Kier molecular flexibility index (Phi) is 6.37. The van der Waals surface area contributed by atoms with E-state index in [2.05, 4.69) is 21.2 Å². The molecule has 1 amide bonds. The number of amides is 1. The van der Waals surface area contributed by atoms with Crippen molar-refractivity contribution in [2.75, 3.05) is 6.61 Å². The highest BCUT2D eigenvalue weighted by Crippen LogP contribution is 2.21. The van der Waals surface area contributed by atoms with Gasteiger partial charge in [0, 0.05) is 15.9 Å². The normalized spacial score (nSPS) is 10.7. The molecule has 1 N–H and O–H groups in total. The number of hydrogen-bond donors (Lipinski definition) is 1. The maximum atomic E-state index is 12.3. The first-order chi connectivity index (χ1) is 15.5. The van der Waals surface area contributed by atoms with Crippen molar-refractivity contribution in [1.29, 1.82) is 0 Å². The van der Waals surface area contributed by atoms with Crippen molar-refractivity contribution in [3.05, 3.63) is 93.1 Å². The van der Waals surface area contributed by atoms with E-state index in [9.17, 15) is 14.4 Å². The van der Waals surface area contributed by atoms with Gasteiger partial charge in [-0.2, -0.15) is 0 Å². The average molecular weight is 498 g/mol. The van der Waals surface area contributed by atoms with Crippen LogP contribution in [0.2, 0.25) is 0 Å². The highest BCUT2D eigenvalue weighted by atomic mass is 79.9. The zero-order chi connectivity index (χ0) is 22.5. The predicted molar refractivity (Wildman–Crippen MR) is 118 cm³/mol. The van der Waals surface area contributed by atoms with Crippen LogP contribution in [0, 0.1) is 0 Å². The maximum Gasteiger partial charge on any atom is 0.349 e. The molecule has 2 heterocycles. The number of nitrogens with one attached hydrogen (secondary N) is 1. The van der Waals surface area contributed by atoms with Crippen molar-refractivity contribution < 1.29 is 27.9 Å². The van der Waals surface area contributed by atoms with Crippen LogP contribution in [0.15, 0.2) is 85.0 Å². The molecule has 4 aromatic rings. The zero-order valence-corrected chi connectivity index (χ0v) is 18.1. The number of benzene rings is 2. The molecule has 9 heteroatoms. The smallest absolute Gasteiger partial charge is 0.349 e. The molecule has 2 aromatic carbocycles. The van der Waals surface area contributed by atoms with Crippen LogP contribution in [0.4, 0.5) is 0 Å². The lowest BCUT2D eigenvalue weighted by Gasteiger charge is -2.08. The first-order valence-corrected chi connectivity index (χ1v) is 10.2. The van der Waals surface area contributed by atoms with Gasteiger partial charge in [-0.15, -0.1) is 0 Å².